The Morgan fingerprint density at radius 1 is 0.840 bits per heavy atom. The fourth-order valence-corrected chi connectivity index (χ4v) is 2.45. The average Bonchev–Trinajstić information content (AvgIpc) is 2.48. The van der Waals surface area contributed by atoms with Crippen LogP contribution in [0.4, 0.5) is 0 Å². The van der Waals surface area contributed by atoms with Crippen molar-refractivity contribution in [2.24, 2.45) is 0 Å². The van der Waals surface area contributed by atoms with Gasteiger partial charge in [-0.1, -0.05) is 6.08 Å². The second-order valence-corrected chi connectivity index (χ2v) is 5.40. The van der Waals surface area contributed by atoms with E-state index in [4.69, 9.17) is 23.7 Å². The maximum absolute atomic E-state index is 11.5. The monoisotopic (exact) mass is 358 g/mol. The van der Waals surface area contributed by atoms with Gasteiger partial charge in [-0.2, -0.15) is 0 Å². The molecule has 0 aromatic heterocycles. The molecule has 0 aliphatic carbocycles. The highest BCUT2D eigenvalue weighted by Crippen LogP contribution is 2.29. The van der Waals surface area contributed by atoms with Crippen molar-refractivity contribution in [1.82, 2.24) is 0 Å². The first-order valence-corrected chi connectivity index (χ1v) is 7.58. The predicted molar refractivity (Wildman–Crippen MR) is 82.2 cm³/mol. The zero-order valence-electron chi connectivity index (χ0n) is 14.6. The molecule has 0 spiro atoms. The van der Waals surface area contributed by atoms with E-state index in [1.54, 1.807) is 0 Å². The lowest BCUT2D eigenvalue weighted by molar-refractivity contribution is -0.244. The number of carbonyl (C=O) groups is 4. The van der Waals surface area contributed by atoms with Crippen molar-refractivity contribution >= 4 is 23.9 Å². The van der Waals surface area contributed by atoms with Crippen LogP contribution in [0.3, 0.4) is 0 Å². The van der Waals surface area contributed by atoms with Gasteiger partial charge in [-0.15, -0.1) is 6.58 Å². The van der Waals surface area contributed by atoms with Crippen LogP contribution in [0.2, 0.25) is 0 Å². The predicted octanol–water partition coefficient (Wildman–Crippen LogP) is 0.298. The Hall–Kier alpha value is -2.42. The largest absolute Gasteiger partial charge is 0.463 e. The van der Waals surface area contributed by atoms with Crippen molar-refractivity contribution in [2.75, 3.05) is 6.61 Å². The summed E-state index contributed by atoms with van der Waals surface area (Å²) in [6.45, 7) is 8.06. The lowest BCUT2D eigenvalue weighted by Crippen LogP contribution is -2.61. The van der Waals surface area contributed by atoms with Crippen molar-refractivity contribution in [3.63, 3.8) is 0 Å². The molecule has 1 aliphatic heterocycles. The lowest BCUT2D eigenvalue weighted by Gasteiger charge is -2.43. The smallest absolute Gasteiger partial charge is 0.303 e. The first-order chi connectivity index (χ1) is 11.6. The highest BCUT2D eigenvalue weighted by molar-refractivity contribution is 5.68. The van der Waals surface area contributed by atoms with E-state index < -0.39 is 54.4 Å². The molecule has 1 saturated heterocycles. The Morgan fingerprint density at radius 2 is 1.32 bits per heavy atom. The van der Waals surface area contributed by atoms with E-state index in [9.17, 15) is 19.2 Å². The van der Waals surface area contributed by atoms with E-state index in [-0.39, 0.29) is 6.61 Å². The third kappa shape index (κ3) is 6.18. The Bertz CT molecular complexity index is 542. The minimum Gasteiger partial charge on any atom is -0.463 e. The van der Waals surface area contributed by atoms with Crippen LogP contribution in [-0.2, 0) is 42.9 Å². The SMILES string of the molecule is C=C[C@@H]1OC(COC(C)=O)[C@H](OC(C)=O)[C@H](OC(C)=O)C1OC(C)=O. The second-order valence-electron chi connectivity index (χ2n) is 5.40. The molecule has 0 bridgehead atoms. The summed E-state index contributed by atoms with van der Waals surface area (Å²) in [4.78, 5) is 45.4. The number of rotatable bonds is 6. The normalized spacial score (nSPS) is 28.4. The molecule has 25 heavy (non-hydrogen) atoms. The minimum atomic E-state index is -1.15. The molecule has 5 atom stereocenters. The molecule has 140 valence electrons. The molecule has 0 N–H and O–H groups in total. The van der Waals surface area contributed by atoms with Gasteiger partial charge in [0, 0.05) is 27.7 Å². The quantitative estimate of drug-likeness (QED) is 0.375. The molecule has 1 rings (SSSR count). The van der Waals surface area contributed by atoms with Crippen molar-refractivity contribution in [3.8, 4) is 0 Å². The van der Waals surface area contributed by atoms with E-state index in [0.717, 1.165) is 13.8 Å². The summed E-state index contributed by atoms with van der Waals surface area (Å²) in [5.41, 5.74) is 0. The first-order valence-electron chi connectivity index (χ1n) is 7.58. The first kappa shape index (κ1) is 20.6. The lowest BCUT2D eigenvalue weighted by atomic mass is 9.94. The molecule has 1 fully saturated rings. The van der Waals surface area contributed by atoms with Gasteiger partial charge in [-0.3, -0.25) is 19.2 Å². The van der Waals surface area contributed by atoms with Crippen LogP contribution in [0.5, 0.6) is 0 Å². The van der Waals surface area contributed by atoms with Gasteiger partial charge in [0.15, 0.2) is 18.3 Å². The summed E-state index contributed by atoms with van der Waals surface area (Å²) in [5.74, 6) is -2.54. The summed E-state index contributed by atoms with van der Waals surface area (Å²) in [6, 6.07) is 0. The highest BCUT2D eigenvalue weighted by atomic mass is 16.7. The standard InChI is InChI=1S/C16H22O9/c1-6-12-14(22-9(3)18)16(24-11(5)20)15(23-10(4)19)13(25-12)7-21-8(2)17/h6,12-16H,1,7H2,2-5H3/t12-,13?,14?,15-,16+/m0/s1. The van der Waals surface area contributed by atoms with Crippen molar-refractivity contribution in [1.29, 1.82) is 0 Å². The number of hydrogen-bond donors (Lipinski definition) is 0. The summed E-state index contributed by atoms with van der Waals surface area (Å²) >= 11 is 0. The zero-order valence-corrected chi connectivity index (χ0v) is 14.6. The molecule has 9 nitrogen and oxygen atoms in total. The Balaban J connectivity index is 3.20. The third-order valence-corrected chi connectivity index (χ3v) is 3.26. The van der Waals surface area contributed by atoms with Crippen molar-refractivity contribution in [3.05, 3.63) is 12.7 Å². The molecule has 2 unspecified atom stereocenters. The van der Waals surface area contributed by atoms with E-state index in [1.165, 1.54) is 19.9 Å². The van der Waals surface area contributed by atoms with Gasteiger partial charge in [0.1, 0.15) is 18.8 Å². The Morgan fingerprint density at radius 3 is 1.76 bits per heavy atom. The van der Waals surface area contributed by atoms with Gasteiger partial charge >= 0.3 is 23.9 Å². The van der Waals surface area contributed by atoms with Crippen molar-refractivity contribution < 1.29 is 42.9 Å². The second kappa shape index (κ2) is 9.16. The molecule has 1 aliphatic rings. The van der Waals surface area contributed by atoms with Gasteiger partial charge in [0.2, 0.25) is 0 Å². The number of ether oxygens (including phenoxy) is 5. The van der Waals surface area contributed by atoms with Crippen molar-refractivity contribution in [2.45, 2.75) is 58.2 Å². The molecule has 0 radical (unpaired) electrons. The maximum atomic E-state index is 11.5. The van der Waals surface area contributed by atoms with Gasteiger partial charge in [-0.25, -0.2) is 0 Å². The van der Waals surface area contributed by atoms with Crippen LogP contribution in [-0.4, -0.2) is 61.0 Å². The fourth-order valence-electron chi connectivity index (χ4n) is 2.45. The van der Waals surface area contributed by atoms with E-state index in [1.807, 2.05) is 0 Å². The van der Waals surface area contributed by atoms with E-state index in [0.29, 0.717) is 0 Å². The van der Waals surface area contributed by atoms with Crippen LogP contribution in [0.25, 0.3) is 0 Å². The van der Waals surface area contributed by atoms with Gasteiger partial charge in [0.25, 0.3) is 0 Å². The summed E-state index contributed by atoms with van der Waals surface area (Å²) < 4.78 is 26.2. The molecule has 0 saturated carbocycles. The van der Waals surface area contributed by atoms with Gasteiger partial charge in [-0.05, 0) is 0 Å². The number of hydrogen-bond acceptors (Lipinski definition) is 9. The number of carbonyl (C=O) groups excluding carboxylic acids is 4. The maximum Gasteiger partial charge on any atom is 0.303 e. The van der Waals surface area contributed by atoms with Crippen LogP contribution < -0.4 is 0 Å². The molecule has 0 aromatic carbocycles. The summed E-state index contributed by atoms with van der Waals surface area (Å²) in [6.07, 6.45) is -3.80. The molecular formula is C16H22O9. The highest BCUT2D eigenvalue weighted by Gasteiger charge is 2.51. The fraction of sp³-hybridized carbons (Fsp3) is 0.625. The third-order valence-electron chi connectivity index (χ3n) is 3.26. The molecular weight excluding hydrogens is 336 g/mol. The van der Waals surface area contributed by atoms with E-state index >= 15 is 0 Å². The van der Waals surface area contributed by atoms with Crippen LogP contribution in [0, 0.1) is 0 Å². The van der Waals surface area contributed by atoms with Gasteiger partial charge < -0.3 is 23.7 Å². The average molecular weight is 358 g/mol. The van der Waals surface area contributed by atoms with Crippen LogP contribution in [0.15, 0.2) is 12.7 Å². The Kier molecular flexibility index (Phi) is 7.56. The Labute approximate surface area is 145 Å². The van der Waals surface area contributed by atoms with E-state index in [2.05, 4.69) is 6.58 Å². The van der Waals surface area contributed by atoms with Gasteiger partial charge in [0.05, 0.1) is 0 Å². The minimum absolute atomic E-state index is 0.248. The molecule has 0 aromatic rings. The molecule has 1 heterocycles. The molecule has 0 amide bonds. The van der Waals surface area contributed by atoms with Crippen LogP contribution >= 0.6 is 0 Å². The topological polar surface area (TPSA) is 114 Å². The summed E-state index contributed by atoms with van der Waals surface area (Å²) in [5, 5.41) is 0. The zero-order chi connectivity index (χ0) is 19.1. The van der Waals surface area contributed by atoms with Crippen LogP contribution in [0.1, 0.15) is 27.7 Å². The summed E-state index contributed by atoms with van der Waals surface area (Å²) in [7, 11) is 0. The molecule has 9 heteroatoms. The number of esters is 4.